The van der Waals surface area contributed by atoms with Crippen molar-refractivity contribution in [2.24, 2.45) is 5.73 Å². The van der Waals surface area contributed by atoms with Crippen LogP contribution in [0.4, 0.5) is 4.39 Å². The third-order valence-corrected chi connectivity index (χ3v) is 3.13. The second kappa shape index (κ2) is 4.63. The van der Waals surface area contributed by atoms with Gasteiger partial charge in [0.1, 0.15) is 5.82 Å². The lowest BCUT2D eigenvalue weighted by molar-refractivity contribution is 0.592. The average Bonchev–Trinajstić information content (AvgIpc) is 2.09. The molecule has 0 bridgehead atoms. The van der Waals surface area contributed by atoms with Crippen molar-refractivity contribution >= 4 is 11.8 Å². The summed E-state index contributed by atoms with van der Waals surface area (Å²) in [5.41, 5.74) is 6.46. The van der Waals surface area contributed by atoms with Gasteiger partial charge in [-0.25, -0.2) is 4.39 Å². The highest BCUT2D eigenvalue weighted by molar-refractivity contribution is 7.98. The minimum absolute atomic E-state index is 0.0353. The Hall–Kier alpha value is -0.540. The highest BCUT2D eigenvalue weighted by atomic mass is 32.2. The van der Waals surface area contributed by atoms with Crippen LogP contribution in [0.3, 0.4) is 0 Å². The van der Waals surface area contributed by atoms with Gasteiger partial charge in [-0.15, -0.1) is 0 Å². The van der Waals surface area contributed by atoms with E-state index in [1.165, 1.54) is 6.07 Å². The van der Waals surface area contributed by atoms with Gasteiger partial charge in [0.15, 0.2) is 0 Å². The lowest BCUT2D eigenvalue weighted by Crippen LogP contribution is -2.23. The van der Waals surface area contributed by atoms with Crippen LogP contribution in [0.25, 0.3) is 0 Å². The van der Waals surface area contributed by atoms with Crippen LogP contribution >= 0.6 is 11.8 Å². The molecule has 13 heavy (non-hydrogen) atoms. The van der Waals surface area contributed by atoms with E-state index < -0.39 is 0 Å². The molecule has 0 aliphatic rings. The molecule has 0 aliphatic carbocycles. The van der Waals surface area contributed by atoms with E-state index in [2.05, 4.69) is 0 Å². The highest BCUT2D eigenvalue weighted by Crippen LogP contribution is 2.30. The van der Waals surface area contributed by atoms with Gasteiger partial charge in [0.25, 0.3) is 0 Å². The first-order valence-corrected chi connectivity index (χ1v) is 5.48. The number of nitrogens with two attached hydrogens (primary N) is 1. The van der Waals surface area contributed by atoms with Crippen molar-refractivity contribution in [3.8, 4) is 0 Å². The number of thioether (sulfide) groups is 1. The summed E-state index contributed by atoms with van der Waals surface area (Å²) < 4.78 is 13.3. The monoisotopic (exact) mass is 199 g/mol. The number of benzene rings is 1. The molecule has 1 rings (SSSR count). The summed E-state index contributed by atoms with van der Waals surface area (Å²) in [6.07, 6.45) is 1.94. The molecule has 0 aliphatic heterocycles. The van der Waals surface area contributed by atoms with Crippen LogP contribution in [0.1, 0.15) is 17.7 Å². The van der Waals surface area contributed by atoms with E-state index in [9.17, 15) is 4.39 Å². The van der Waals surface area contributed by atoms with Crippen molar-refractivity contribution in [3.63, 3.8) is 0 Å². The summed E-state index contributed by atoms with van der Waals surface area (Å²) in [5, 5.41) is 0.0428. The molecule has 1 aromatic rings. The zero-order chi connectivity index (χ0) is 9.84. The van der Waals surface area contributed by atoms with Crippen LogP contribution in [0, 0.1) is 5.82 Å². The van der Waals surface area contributed by atoms with Crippen LogP contribution in [0.15, 0.2) is 24.3 Å². The Balaban J connectivity index is 2.97. The molecule has 2 unspecified atom stereocenters. The predicted octanol–water partition coefficient (Wildman–Crippen LogP) is 2.58. The predicted molar refractivity (Wildman–Crippen MR) is 56.3 cm³/mol. The van der Waals surface area contributed by atoms with Crippen molar-refractivity contribution < 1.29 is 4.39 Å². The number of rotatable bonds is 3. The largest absolute Gasteiger partial charge is 0.327 e. The summed E-state index contributed by atoms with van der Waals surface area (Å²) in [7, 11) is 0. The normalized spacial score (nSPS) is 15.4. The van der Waals surface area contributed by atoms with E-state index in [1.54, 1.807) is 23.9 Å². The van der Waals surface area contributed by atoms with Gasteiger partial charge >= 0.3 is 0 Å². The number of halogens is 1. The molecule has 2 N–H and O–H groups in total. The van der Waals surface area contributed by atoms with E-state index in [-0.39, 0.29) is 17.1 Å². The van der Waals surface area contributed by atoms with Gasteiger partial charge in [0, 0.05) is 16.9 Å². The lowest BCUT2D eigenvalue weighted by Gasteiger charge is -2.19. The van der Waals surface area contributed by atoms with E-state index in [0.717, 1.165) is 0 Å². The summed E-state index contributed by atoms with van der Waals surface area (Å²) >= 11 is 1.58. The van der Waals surface area contributed by atoms with Crippen LogP contribution in [0.5, 0.6) is 0 Å². The Morgan fingerprint density at radius 1 is 1.38 bits per heavy atom. The number of hydrogen-bond acceptors (Lipinski definition) is 2. The van der Waals surface area contributed by atoms with Crippen molar-refractivity contribution in [2.45, 2.75) is 18.2 Å². The third-order valence-electron chi connectivity index (χ3n) is 1.94. The minimum atomic E-state index is -0.167. The van der Waals surface area contributed by atoms with Gasteiger partial charge in [0.2, 0.25) is 0 Å². The first-order valence-electron chi connectivity index (χ1n) is 4.19. The third kappa shape index (κ3) is 2.45. The smallest absolute Gasteiger partial charge is 0.127 e. The molecule has 0 aromatic heterocycles. The fourth-order valence-corrected chi connectivity index (χ4v) is 2.21. The topological polar surface area (TPSA) is 26.0 Å². The molecule has 72 valence electrons. The van der Waals surface area contributed by atoms with Gasteiger partial charge in [-0.2, -0.15) is 11.8 Å². The quantitative estimate of drug-likeness (QED) is 0.809. The summed E-state index contributed by atoms with van der Waals surface area (Å²) in [6, 6.07) is 6.76. The summed E-state index contributed by atoms with van der Waals surface area (Å²) in [6.45, 7) is 1.90. The van der Waals surface area contributed by atoms with Crippen LogP contribution in [0.2, 0.25) is 0 Å². The maximum absolute atomic E-state index is 13.3. The van der Waals surface area contributed by atoms with E-state index in [4.69, 9.17) is 5.73 Å². The van der Waals surface area contributed by atoms with Crippen LogP contribution < -0.4 is 5.73 Å². The molecular formula is C10H14FNS. The molecule has 2 atom stereocenters. The minimum Gasteiger partial charge on any atom is -0.327 e. The number of hydrogen-bond donors (Lipinski definition) is 1. The van der Waals surface area contributed by atoms with Gasteiger partial charge in [-0.3, -0.25) is 0 Å². The van der Waals surface area contributed by atoms with Gasteiger partial charge in [-0.1, -0.05) is 18.2 Å². The standard InChI is InChI=1S/C10H14FNS/c1-7(12)10(13-2)8-5-3-4-6-9(8)11/h3-7,10H,12H2,1-2H3. The Kier molecular flexibility index (Phi) is 3.75. The van der Waals surface area contributed by atoms with Crippen molar-refractivity contribution in [1.29, 1.82) is 0 Å². The fourth-order valence-electron chi connectivity index (χ4n) is 1.33. The highest BCUT2D eigenvalue weighted by Gasteiger charge is 2.17. The fraction of sp³-hybridized carbons (Fsp3) is 0.400. The van der Waals surface area contributed by atoms with Gasteiger partial charge < -0.3 is 5.73 Å². The molecule has 0 fully saturated rings. The van der Waals surface area contributed by atoms with Crippen LogP contribution in [-0.4, -0.2) is 12.3 Å². The lowest BCUT2D eigenvalue weighted by atomic mass is 10.1. The molecule has 0 saturated carbocycles. The van der Waals surface area contributed by atoms with Crippen LogP contribution in [-0.2, 0) is 0 Å². The van der Waals surface area contributed by atoms with E-state index in [0.29, 0.717) is 5.56 Å². The summed E-state index contributed by atoms with van der Waals surface area (Å²) in [5.74, 6) is -0.167. The van der Waals surface area contributed by atoms with Gasteiger partial charge in [-0.05, 0) is 19.2 Å². The summed E-state index contributed by atoms with van der Waals surface area (Å²) in [4.78, 5) is 0. The Labute approximate surface area is 82.5 Å². The van der Waals surface area contributed by atoms with Crippen molar-refractivity contribution in [1.82, 2.24) is 0 Å². The molecule has 0 spiro atoms. The molecule has 0 amide bonds. The zero-order valence-corrected chi connectivity index (χ0v) is 8.64. The van der Waals surface area contributed by atoms with Gasteiger partial charge in [0.05, 0.1) is 0 Å². The Morgan fingerprint density at radius 3 is 2.46 bits per heavy atom. The molecule has 0 saturated heterocycles. The molecule has 3 heteroatoms. The Morgan fingerprint density at radius 2 is 2.00 bits per heavy atom. The van der Waals surface area contributed by atoms with Crippen molar-refractivity contribution in [2.75, 3.05) is 6.26 Å². The molecule has 0 radical (unpaired) electrons. The average molecular weight is 199 g/mol. The maximum atomic E-state index is 13.3. The van der Waals surface area contributed by atoms with E-state index >= 15 is 0 Å². The maximum Gasteiger partial charge on any atom is 0.127 e. The second-order valence-electron chi connectivity index (χ2n) is 3.04. The first kappa shape index (κ1) is 10.5. The second-order valence-corrected chi connectivity index (χ2v) is 4.02. The molecule has 1 nitrogen and oxygen atoms in total. The van der Waals surface area contributed by atoms with Crippen molar-refractivity contribution in [3.05, 3.63) is 35.6 Å². The zero-order valence-electron chi connectivity index (χ0n) is 7.83. The molecule has 1 aromatic carbocycles. The molecule has 0 heterocycles. The first-order chi connectivity index (χ1) is 6.16. The van der Waals surface area contributed by atoms with E-state index in [1.807, 2.05) is 19.2 Å². The Bertz CT molecular complexity index is 275. The SMILES string of the molecule is CSC(c1ccccc1F)C(C)N. The molecular weight excluding hydrogens is 185 g/mol.